The number of hydrogen-bond donors (Lipinski definition) is 1. The first-order valence-corrected chi connectivity index (χ1v) is 10.5. The lowest BCUT2D eigenvalue weighted by molar-refractivity contribution is 0.269. The zero-order chi connectivity index (χ0) is 20.7. The monoisotopic (exact) mass is 404 g/mol. The van der Waals surface area contributed by atoms with E-state index in [9.17, 15) is 0 Å². The molecule has 4 nitrogen and oxygen atoms in total. The number of thiocarbonyl (C=S) groups is 1. The molecule has 0 unspecified atom stereocenters. The van der Waals surface area contributed by atoms with Gasteiger partial charge >= 0.3 is 0 Å². The van der Waals surface area contributed by atoms with Crippen molar-refractivity contribution in [3.05, 3.63) is 82.9 Å². The minimum Gasteiger partial charge on any atom is -0.352 e. The van der Waals surface area contributed by atoms with E-state index < -0.39 is 0 Å². The van der Waals surface area contributed by atoms with E-state index in [-0.39, 0.29) is 18.1 Å². The Morgan fingerprint density at radius 1 is 1.03 bits per heavy atom. The van der Waals surface area contributed by atoms with Crippen LogP contribution in [-0.4, -0.2) is 25.6 Å². The molecule has 4 rings (SSSR count). The number of pyridine rings is 1. The summed E-state index contributed by atoms with van der Waals surface area (Å²) in [5.74, 6) is 0. The van der Waals surface area contributed by atoms with E-state index in [0.29, 0.717) is 0 Å². The Morgan fingerprint density at radius 3 is 2.48 bits per heavy atom. The van der Waals surface area contributed by atoms with Gasteiger partial charge in [-0.3, -0.25) is 4.98 Å². The van der Waals surface area contributed by atoms with Gasteiger partial charge in [-0.15, -0.1) is 0 Å². The fourth-order valence-corrected chi connectivity index (χ4v) is 4.96. The minimum absolute atomic E-state index is 0.0255. The summed E-state index contributed by atoms with van der Waals surface area (Å²) in [6.07, 6.45) is 1.85. The highest BCUT2D eigenvalue weighted by atomic mass is 32.1. The van der Waals surface area contributed by atoms with Gasteiger partial charge < -0.3 is 14.8 Å². The van der Waals surface area contributed by atoms with Crippen LogP contribution in [0.5, 0.6) is 0 Å². The topological polar surface area (TPSA) is 33.1 Å². The zero-order valence-corrected chi connectivity index (χ0v) is 18.5. The molecule has 29 heavy (non-hydrogen) atoms. The molecular formula is C24H28N4S. The van der Waals surface area contributed by atoms with Gasteiger partial charge in [0.25, 0.3) is 0 Å². The van der Waals surface area contributed by atoms with Gasteiger partial charge in [-0.05, 0) is 88.3 Å². The summed E-state index contributed by atoms with van der Waals surface area (Å²) in [6, 6.07) is 17.5. The molecule has 3 heterocycles. The molecule has 0 aliphatic carbocycles. The van der Waals surface area contributed by atoms with Crippen LogP contribution in [0.2, 0.25) is 0 Å². The third kappa shape index (κ3) is 3.44. The third-order valence-corrected chi connectivity index (χ3v) is 6.07. The van der Waals surface area contributed by atoms with E-state index >= 15 is 0 Å². The SMILES string of the molecule is Cc1cccc(-n2c(C)cc([C@H]3[C@@H](c4ccccn4)NC(=S)N3C(C)C)c2C)c1. The number of aryl methyl sites for hydroxylation is 2. The molecule has 0 radical (unpaired) electrons. The van der Waals surface area contributed by atoms with Crippen LogP contribution in [0.3, 0.4) is 0 Å². The Labute approximate surface area is 178 Å². The highest BCUT2D eigenvalue weighted by Gasteiger charge is 2.42. The molecule has 150 valence electrons. The van der Waals surface area contributed by atoms with Crippen LogP contribution in [0, 0.1) is 20.8 Å². The average Bonchev–Trinajstić information content (AvgIpc) is 3.18. The van der Waals surface area contributed by atoms with Gasteiger partial charge in [0.2, 0.25) is 0 Å². The molecule has 1 saturated heterocycles. The fraction of sp³-hybridized carbons (Fsp3) is 0.333. The van der Waals surface area contributed by atoms with E-state index in [1.165, 1.54) is 28.2 Å². The van der Waals surface area contributed by atoms with Crippen LogP contribution in [0.15, 0.2) is 54.7 Å². The number of nitrogens with zero attached hydrogens (tertiary/aromatic N) is 3. The number of benzene rings is 1. The maximum absolute atomic E-state index is 5.74. The van der Waals surface area contributed by atoms with E-state index in [0.717, 1.165) is 10.8 Å². The molecule has 1 aliphatic heterocycles. The lowest BCUT2D eigenvalue weighted by Gasteiger charge is -2.31. The number of hydrogen-bond acceptors (Lipinski definition) is 2. The van der Waals surface area contributed by atoms with Crippen molar-refractivity contribution in [2.75, 3.05) is 0 Å². The molecular weight excluding hydrogens is 376 g/mol. The van der Waals surface area contributed by atoms with E-state index in [4.69, 9.17) is 12.2 Å². The van der Waals surface area contributed by atoms with Crippen LogP contribution in [0.25, 0.3) is 5.69 Å². The standard InChI is InChI=1S/C24H28N4S/c1-15(2)27-23(22(26-24(27)29)21-11-6-7-12-25-21)20-14-17(4)28(18(20)5)19-10-8-9-16(3)13-19/h6-15,22-23H,1-5H3,(H,26,29)/t22-,23+/m1/s1. The molecule has 0 bridgehead atoms. The number of nitrogens with one attached hydrogen (secondary N) is 1. The molecule has 0 amide bonds. The van der Waals surface area contributed by atoms with Crippen LogP contribution >= 0.6 is 12.2 Å². The van der Waals surface area contributed by atoms with Crippen LogP contribution in [0.4, 0.5) is 0 Å². The predicted molar refractivity (Wildman–Crippen MR) is 122 cm³/mol. The van der Waals surface area contributed by atoms with Gasteiger partial charge in [-0.25, -0.2) is 0 Å². The Balaban J connectivity index is 1.86. The first-order valence-electron chi connectivity index (χ1n) is 10.1. The maximum atomic E-state index is 5.74. The van der Waals surface area contributed by atoms with Crippen LogP contribution < -0.4 is 5.32 Å². The summed E-state index contributed by atoms with van der Waals surface area (Å²) in [5.41, 5.74) is 7.24. The van der Waals surface area contributed by atoms with Gasteiger partial charge in [-0.1, -0.05) is 18.2 Å². The predicted octanol–water partition coefficient (Wildman–Crippen LogP) is 5.18. The van der Waals surface area contributed by atoms with Crippen LogP contribution in [-0.2, 0) is 0 Å². The fourth-order valence-electron chi connectivity index (χ4n) is 4.51. The smallest absolute Gasteiger partial charge is 0.170 e. The second kappa shape index (κ2) is 7.64. The number of rotatable bonds is 4. The summed E-state index contributed by atoms with van der Waals surface area (Å²) in [5, 5.41) is 4.33. The van der Waals surface area contributed by atoms with Crippen molar-refractivity contribution >= 4 is 17.3 Å². The quantitative estimate of drug-likeness (QED) is 0.608. The normalized spacial score (nSPS) is 19.1. The first kappa shape index (κ1) is 19.6. The summed E-state index contributed by atoms with van der Waals surface area (Å²) in [7, 11) is 0. The lowest BCUT2D eigenvalue weighted by Crippen LogP contribution is -2.35. The van der Waals surface area contributed by atoms with E-state index in [1.807, 2.05) is 18.3 Å². The summed E-state index contributed by atoms with van der Waals surface area (Å²) in [6.45, 7) is 10.9. The van der Waals surface area contributed by atoms with Crippen molar-refractivity contribution in [2.45, 2.75) is 52.7 Å². The Hall–Kier alpha value is -2.66. The molecule has 3 aromatic rings. The average molecular weight is 405 g/mol. The second-order valence-electron chi connectivity index (χ2n) is 8.13. The molecule has 1 aromatic carbocycles. The van der Waals surface area contributed by atoms with E-state index in [2.05, 4.69) is 90.8 Å². The highest BCUT2D eigenvalue weighted by molar-refractivity contribution is 7.80. The Bertz CT molecular complexity index is 1040. The molecule has 0 spiro atoms. The molecule has 5 heteroatoms. The van der Waals surface area contributed by atoms with Crippen molar-refractivity contribution in [1.29, 1.82) is 0 Å². The molecule has 1 aliphatic rings. The first-order chi connectivity index (χ1) is 13.9. The van der Waals surface area contributed by atoms with Gasteiger partial charge in [0, 0.05) is 29.3 Å². The maximum Gasteiger partial charge on any atom is 0.170 e. The van der Waals surface area contributed by atoms with Crippen molar-refractivity contribution in [3.63, 3.8) is 0 Å². The summed E-state index contributed by atoms with van der Waals surface area (Å²) in [4.78, 5) is 6.95. The van der Waals surface area contributed by atoms with Crippen molar-refractivity contribution in [2.24, 2.45) is 0 Å². The second-order valence-corrected chi connectivity index (χ2v) is 8.52. The minimum atomic E-state index is 0.0255. The molecule has 0 saturated carbocycles. The van der Waals surface area contributed by atoms with Crippen LogP contribution in [0.1, 0.15) is 54.1 Å². The van der Waals surface area contributed by atoms with Gasteiger partial charge in [0.15, 0.2) is 5.11 Å². The zero-order valence-electron chi connectivity index (χ0n) is 17.7. The largest absolute Gasteiger partial charge is 0.352 e. The molecule has 2 atom stereocenters. The van der Waals surface area contributed by atoms with Crippen molar-refractivity contribution in [1.82, 2.24) is 19.8 Å². The van der Waals surface area contributed by atoms with Crippen molar-refractivity contribution < 1.29 is 0 Å². The Kier molecular flexibility index (Phi) is 5.17. The molecule has 2 aromatic heterocycles. The summed E-state index contributed by atoms with van der Waals surface area (Å²) < 4.78 is 2.34. The third-order valence-electron chi connectivity index (χ3n) is 5.74. The van der Waals surface area contributed by atoms with Crippen molar-refractivity contribution in [3.8, 4) is 5.69 Å². The number of aromatic nitrogens is 2. The van der Waals surface area contributed by atoms with Gasteiger partial charge in [-0.2, -0.15) is 0 Å². The molecule has 1 N–H and O–H groups in total. The molecule has 1 fully saturated rings. The highest BCUT2D eigenvalue weighted by Crippen LogP contribution is 2.42. The van der Waals surface area contributed by atoms with Gasteiger partial charge in [0.1, 0.15) is 0 Å². The Morgan fingerprint density at radius 2 is 1.83 bits per heavy atom. The summed E-state index contributed by atoms with van der Waals surface area (Å²) >= 11 is 5.74. The van der Waals surface area contributed by atoms with Gasteiger partial charge in [0.05, 0.1) is 17.8 Å². The lowest BCUT2D eigenvalue weighted by atomic mass is 9.96. The van der Waals surface area contributed by atoms with E-state index in [1.54, 1.807) is 0 Å².